The summed E-state index contributed by atoms with van der Waals surface area (Å²) < 4.78 is 92.1. The zero-order valence-electron chi connectivity index (χ0n) is 15.8. The van der Waals surface area contributed by atoms with Gasteiger partial charge in [-0.3, -0.25) is 14.2 Å². The normalized spacial score (nSPS) is 12.0. The first-order valence-electron chi connectivity index (χ1n) is 8.75. The molecule has 2 aromatic carbocycles. The number of halogens is 7. The summed E-state index contributed by atoms with van der Waals surface area (Å²) in [4.78, 5) is 28.2. The largest absolute Gasteiger partial charge is 0.416 e. The van der Waals surface area contributed by atoms with Gasteiger partial charge in [0.25, 0.3) is 5.56 Å². The predicted octanol–water partition coefficient (Wildman–Crippen LogP) is 4.73. The molecule has 1 heterocycles. The van der Waals surface area contributed by atoms with Crippen molar-refractivity contribution in [3.05, 3.63) is 82.2 Å². The van der Waals surface area contributed by atoms with E-state index in [2.05, 4.69) is 4.98 Å². The van der Waals surface area contributed by atoms with E-state index in [4.69, 9.17) is 0 Å². The Morgan fingerprint density at radius 2 is 1.53 bits per heavy atom. The van der Waals surface area contributed by atoms with Crippen LogP contribution in [0.15, 0.2) is 59.7 Å². The Kier molecular flexibility index (Phi) is 6.06. The van der Waals surface area contributed by atoms with Crippen molar-refractivity contribution in [3.8, 4) is 11.3 Å². The van der Waals surface area contributed by atoms with Crippen molar-refractivity contribution in [3.63, 3.8) is 0 Å². The highest BCUT2D eigenvalue weighted by Gasteiger charge is 2.37. The highest BCUT2D eigenvalue weighted by atomic mass is 19.4. The van der Waals surface area contributed by atoms with Crippen molar-refractivity contribution in [2.75, 3.05) is 5.32 Å². The number of rotatable bonds is 4. The summed E-state index contributed by atoms with van der Waals surface area (Å²) in [6.45, 7) is -0.749. The number of hydrogen-bond acceptors (Lipinski definition) is 3. The second-order valence-electron chi connectivity index (χ2n) is 6.56. The topological polar surface area (TPSA) is 64.0 Å². The molecule has 12 heteroatoms. The summed E-state index contributed by atoms with van der Waals surface area (Å²) >= 11 is 0. The van der Waals surface area contributed by atoms with Crippen LogP contribution in [0.2, 0.25) is 0 Å². The third-order valence-electron chi connectivity index (χ3n) is 4.21. The maximum absolute atomic E-state index is 13.8. The van der Waals surface area contributed by atoms with Crippen LogP contribution in [0.3, 0.4) is 0 Å². The quantitative estimate of drug-likeness (QED) is 0.574. The first-order chi connectivity index (χ1) is 14.8. The first-order valence-corrected chi connectivity index (χ1v) is 8.75. The van der Waals surface area contributed by atoms with Crippen molar-refractivity contribution >= 4 is 11.6 Å². The van der Waals surface area contributed by atoms with E-state index in [9.17, 15) is 40.3 Å². The summed E-state index contributed by atoms with van der Waals surface area (Å²) in [5, 5.41) is 1.91. The molecule has 3 aromatic rings. The highest BCUT2D eigenvalue weighted by Crippen LogP contribution is 2.37. The lowest BCUT2D eigenvalue weighted by molar-refractivity contribution is -0.143. The van der Waals surface area contributed by atoms with Crippen LogP contribution in [0.5, 0.6) is 0 Å². The second kappa shape index (κ2) is 8.44. The van der Waals surface area contributed by atoms with Crippen LogP contribution in [-0.4, -0.2) is 15.5 Å². The van der Waals surface area contributed by atoms with E-state index >= 15 is 0 Å². The van der Waals surface area contributed by atoms with Crippen LogP contribution in [0.1, 0.15) is 11.1 Å². The van der Waals surface area contributed by atoms with E-state index in [0.717, 1.165) is 23.0 Å². The minimum Gasteiger partial charge on any atom is -0.325 e. The Hall–Kier alpha value is -3.70. The molecule has 0 atom stereocenters. The number of anilines is 1. The minimum absolute atomic E-state index is 0.0162. The molecule has 3 rings (SSSR count). The van der Waals surface area contributed by atoms with Crippen LogP contribution < -0.4 is 10.9 Å². The van der Waals surface area contributed by atoms with E-state index in [1.165, 1.54) is 18.2 Å². The molecule has 0 unspecified atom stereocenters. The lowest BCUT2D eigenvalue weighted by Crippen LogP contribution is -2.27. The Balaban J connectivity index is 1.83. The summed E-state index contributed by atoms with van der Waals surface area (Å²) in [6, 6.07) is 7.03. The number of alkyl halides is 6. The summed E-state index contributed by atoms with van der Waals surface area (Å²) in [5.41, 5.74) is -4.72. The number of hydrogen-bond donors (Lipinski definition) is 1. The molecule has 0 spiro atoms. The van der Waals surface area contributed by atoms with E-state index in [0.29, 0.717) is 12.1 Å². The van der Waals surface area contributed by atoms with Gasteiger partial charge in [-0.25, -0.2) is 9.37 Å². The average molecular weight is 459 g/mol. The molecule has 5 nitrogen and oxygen atoms in total. The third kappa shape index (κ3) is 5.31. The van der Waals surface area contributed by atoms with Gasteiger partial charge in [0.15, 0.2) is 0 Å². The molecule has 0 aliphatic carbocycles. The molecule has 168 valence electrons. The SMILES string of the molecule is O=C(Cn1cnc(-c2ccccc2F)cc1=O)Nc1cc(C(F)(F)F)cc(C(F)(F)F)c1. The van der Waals surface area contributed by atoms with Gasteiger partial charge >= 0.3 is 12.4 Å². The molecule has 1 N–H and O–H groups in total. The number of carbonyl (C=O) groups is 1. The first kappa shape index (κ1) is 23.0. The second-order valence-corrected chi connectivity index (χ2v) is 6.56. The predicted molar refractivity (Wildman–Crippen MR) is 99.0 cm³/mol. The Labute approximate surface area is 175 Å². The molecule has 0 aliphatic heterocycles. The standard InChI is InChI=1S/C20H12F7N3O2/c21-15-4-2-1-3-14(15)16-8-18(32)30(10-28-16)9-17(31)29-13-6-11(19(22,23)24)5-12(7-13)20(25,26)27/h1-8,10H,9H2,(H,29,31). The highest BCUT2D eigenvalue weighted by molar-refractivity contribution is 5.90. The molecule has 0 bridgehead atoms. The van der Waals surface area contributed by atoms with Gasteiger partial charge in [0.1, 0.15) is 12.4 Å². The fourth-order valence-corrected chi connectivity index (χ4v) is 2.74. The van der Waals surface area contributed by atoms with Crippen molar-refractivity contribution in [1.29, 1.82) is 0 Å². The van der Waals surface area contributed by atoms with Gasteiger partial charge in [-0.1, -0.05) is 12.1 Å². The zero-order chi connectivity index (χ0) is 23.7. The molecule has 1 amide bonds. The number of aromatic nitrogens is 2. The lowest BCUT2D eigenvalue weighted by Gasteiger charge is -2.15. The smallest absolute Gasteiger partial charge is 0.325 e. The number of amides is 1. The summed E-state index contributed by atoms with van der Waals surface area (Å²) in [6.07, 6.45) is -9.24. The van der Waals surface area contributed by atoms with Gasteiger partial charge in [0.2, 0.25) is 5.91 Å². The van der Waals surface area contributed by atoms with Crippen molar-refractivity contribution in [1.82, 2.24) is 9.55 Å². The molecule has 1 aromatic heterocycles. The summed E-state index contributed by atoms with van der Waals surface area (Å²) in [5.74, 6) is -1.71. The maximum atomic E-state index is 13.8. The molecule has 0 fully saturated rings. The molecule has 0 aliphatic rings. The Morgan fingerprint density at radius 1 is 0.938 bits per heavy atom. The van der Waals surface area contributed by atoms with Gasteiger partial charge in [0.05, 0.1) is 23.1 Å². The molecule has 0 saturated heterocycles. The molecule has 32 heavy (non-hydrogen) atoms. The van der Waals surface area contributed by atoms with Crippen LogP contribution >= 0.6 is 0 Å². The average Bonchev–Trinajstić information content (AvgIpc) is 2.68. The van der Waals surface area contributed by atoms with E-state index < -0.39 is 53.0 Å². The minimum atomic E-state index is -5.08. The number of nitrogens with one attached hydrogen (secondary N) is 1. The molecular weight excluding hydrogens is 447 g/mol. The molecular formula is C20H12F7N3O2. The fourth-order valence-electron chi connectivity index (χ4n) is 2.74. The van der Waals surface area contributed by atoms with Gasteiger partial charge in [-0.15, -0.1) is 0 Å². The number of carbonyl (C=O) groups excluding carboxylic acids is 1. The van der Waals surface area contributed by atoms with Crippen molar-refractivity contribution in [2.24, 2.45) is 0 Å². The van der Waals surface area contributed by atoms with E-state index in [1.54, 1.807) is 0 Å². The summed E-state index contributed by atoms with van der Waals surface area (Å²) in [7, 11) is 0. The number of benzene rings is 2. The van der Waals surface area contributed by atoms with E-state index in [-0.39, 0.29) is 17.3 Å². The molecule has 0 radical (unpaired) electrons. The zero-order valence-corrected chi connectivity index (χ0v) is 15.8. The van der Waals surface area contributed by atoms with Crippen LogP contribution in [0.25, 0.3) is 11.3 Å². The maximum Gasteiger partial charge on any atom is 0.416 e. The van der Waals surface area contributed by atoms with Gasteiger partial charge < -0.3 is 5.32 Å². The fraction of sp³-hybridized carbons (Fsp3) is 0.150. The Morgan fingerprint density at radius 3 is 2.06 bits per heavy atom. The van der Waals surface area contributed by atoms with E-state index in [1.807, 2.05) is 5.32 Å². The monoisotopic (exact) mass is 459 g/mol. The van der Waals surface area contributed by atoms with Gasteiger partial charge in [-0.2, -0.15) is 26.3 Å². The van der Waals surface area contributed by atoms with Crippen LogP contribution in [-0.2, 0) is 23.7 Å². The van der Waals surface area contributed by atoms with Crippen molar-refractivity contribution < 1.29 is 35.5 Å². The lowest BCUT2D eigenvalue weighted by atomic mass is 10.1. The third-order valence-corrected chi connectivity index (χ3v) is 4.21. The van der Waals surface area contributed by atoms with Crippen LogP contribution in [0.4, 0.5) is 36.4 Å². The Bertz CT molecular complexity index is 1180. The van der Waals surface area contributed by atoms with Gasteiger partial charge in [-0.05, 0) is 30.3 Å². The van der Waals surface area contributed by atoms with Crippen molar-refractivity contribution in [2.45, 2.75) is 18.9 Å². The van der Waals surface area contributed by atoms with Crippen LogP contribution in [0, 0.1) is 5.82 Å². The van der Waals surface area contributed by atoms with Gasteiger partial charge in [0, 0.05) is 17.3 Å². The number of nitrogens with zero attached hydrogens (tertiary/aromatic N) is 2. The molecule has 0 saturated carbocycles.